The van der Waals surface area contributed by atoms with Crippen LogP contribution < -0.4 is 5.32 Å². The Labute approximate surface area is 147 Å². The predicted octanol–water partition coefficient (Wildman–Crippen LogP) is 2.70. The number of piperidine rings is 1. The standard InChI is InChI=1S/C17H26N6S/c1-4-19-17(20-9-16-14(3)21-12-24-16)22-7-5-13(2)15(10-22)23-8-6-18-11-23/h6,8,11-13,15H,4-5,7,9-10H2,1-3H3,(H,19,20). The third kappa shape index (κ3) is 3.77. The summed E-state index contributed by atoms with van der Waals surface area (Å²) in [7, 11) is 0. The van der Waals surface area contributed by atoms with Gasteiger partial charge in [-0.2, -0.15) is 0 Å². The molecule has 2 aromatic rings. The van der Waals surface area contributed by atoms with Gasteiger partial charge in [0, 0.05) is 36.9 Å². The van der Waals surface area contributed by atoms with E-state index in [9.17, 15) is 0 Å². The van der Waals surface area contributed by atoms with Crippen molar-refractivity contribution in [3.63, 3.8) is 0 Å². The van der Waals surface area contributed by atoms with E-state index < -0.39 is 0 Å². The number of nitrogens with zero attached hydrogens (tertiary/aromatic N) is 5. The molecule has 0 bridgehead atoms. The summed E-state index contributed by atoms with van der Waals surface area (Å²) in [6, 6.07) is 0.440. The van der Waals surface area contributed by atoms with E-state index in [1.54, 1.807) is 11.3 Å². The second-order valence-electron chi connectivity index (χ2n) is 6.32. The molecule has 1 fully saturated rings. The maximum atomic E-state index is 4.86. The molecule has 1 aliphatic heterocycles. The molecular weight excluding hydrogens is 320 g/mol. The Kier molecular flexibility index (Phi) is 5.50. The fourth-order valence-corrected chi connectivity index (χ4v) is 3.85. The van der Waals surface area contributed by atoms with Crippen LogP contribution in [0.15, 0.2) is 29.2 Å². The first-order chi connectivity index (χ1) is 11.7. The fraction of sp³-hybridized carbons (Fsp3) is 0.588. The first-order valence-electron chi connectivity index (χ1n) is 8.58. The predicted molar refractivity (Wildman–Crippen MR) is 98.3 cm³/mol. The minimum absolute atomic E-state index is 0.440. The second-order valence-corrected chi connectivity index (χ2v) is 7.26. The summed E-state index contributed by atoms with van der Waals surface area (Å²) >= 11 is 1.68. The van der Waals surface area contributed by atoms with Crippen LogP contribution in [-0.2, 0) is 6.54 Å². The average molecular weight is 347 g/mol. The Morgan fingerprint density at radius 1 is 1.50 bits per heavy atom. The molecule has 2 aromatic heterocycles. The number of nitrogens with one attached hydrogen (secondary N) is 1. The van der Waals surface area contributed by atoms with E-state index in [0.717, 1.165) is 37.7 Å². The minimum Gasteiger partial charge on any atom is -0.357 e. The van der Waals surface area contributed by atoms with E-state index in [-0.39, 0.29) is 0 Å². The monoisotopic (exact) mass is 346 g/mol. The van der Waals surface area contributed by atoms with E-state index >= 15 is 0 Å². The molecular formula is C17H26N6S. The Balaban J connectivity index is 1.74. The molecule has 130 valence electrons. The van der Waals surface area contributed by atoms with E-state index in [2.05, 4.69) is 44.8 Å². The van der Waals surface area contributed by atoms with E-state index in [1.165, 1.54) is 4.88 Å². The van der Waals surface area contributed by atoms with Crippen LogP contribution in [0, 0.1) is 12.8 Å². The number of aryl methyl sites for hydroxylation is 1. The third-order valence-electron chi connectivity index (χ3n) is 4.68. The summed E-state index contributed by atoms with van der Waals surface area (Å²) in [6.45, 7) is 10.1. The third-order valence-corrected chi connectivity index (χ3v) is 5.60. The molecule has 3 rings (SSSR count). The van der Waals surface area contributed by atoms with Gasteiger partial charge in [0.05, 0.1) is 30.1 Å². The maximum Gasteiger partial charge on any atom is 0.194 e. The van der Waals surface area contributed by atoms with Crippen molar-refractivity contribution >= 4 is 17.3 Å². The Hall–Kier alpha value is -1.89. The van der Waals surface area contributed by atoms with Gasteiger partial charge >= 0.3 is 0 Å². The zero-order valence-corrected chi connectivity index (χ0v) is 15.5. The van der Waals surface area contributed by atoms with Crippen LogP contribution in [0.5, 0.6) is 0 Å². The molecule has 0 spiro atoms. The maximum absolute atomic E-state index is 4.86. The highest BCUT2D eigenvalue weighted by molar-refractivity contribution is 7.09. The van der Waals surface area contributed by atoms with Gasteiger partial charge in [0.15, 0.2) is 5.96 Å². The summed E-state index contributed by atoms with van der Waals surface area (Å²) in [5, 5.41) is 3.45. The van der Waals surface area contributed by atoms with Crippen molar-refractivity contribution in [1.82, 2.24) is 24.8 Å². The number of aromatic nitrogens is 3. The molecule has 0 aliphatic carbocycles. The molecule has 1 N–H and O–H groups in total. The molecule has 2 atom stereocenters. The number of aliphatic imine (C=N–C) groups is 1. The molecule has 0 saturated carbocycles. The fourth-order valence-electron chi connectivity index (χ4n) is 3.15. The van der Waals surface area contributed by atoms with Crippen molar-refractivity contribution in [2.45, 2.75) is 39.8 Å². The van der Waals surface area contributed by atoms with Gasteiger partial charge in [0.2, 0.25) is 0 Å². The normalized spacial score (nSPS) is 22.0. The first-order valence-corrected chi connectivity index (χ1v) is 9.46. The van der Waals surface area contributed by atoms with Crippen LogP contribution in [0.25, 0.3) is 0 Å². The van der Waals surface area contributed by atoms with Crippen molar-refractivity contribution in [3.8, 4) is 0 Å². The topological polar surface area (TPSA) is 58.3 Å². The van der Waals surface area contributed by atoms with Gasteiger partial charge in [-0.25, -0.2) is 15.0 Å². The number of likely N-dealkylation sites (tertiary alicyclic amines) is 1. The number of rotatable bonds is 4. The molecule has 24 heavy (non-hydrogen) atoms. The van der Waals surface area contributed by atoms with Gasteiger partial charge in [0.25, 0.3) is 0 Å². The Morgan fingerprint density at radius 2 is 2.38 bits per heavy atom. The van der Waals surface area contributed by atoms with Crippen molar-refractivity contribution < 1.29 is 0 Å². The summed E-state index contributed by atoms with van der Waals surface area (Å²) in [5.74, 6) is 1.64. The zero-order valence-electron chi connectivity index (χ0n) is 14.6. The lowest BCUT2D eigenvalue weighted by Crippen LogP contribution is -2.49. The highest BCUT2D eigenvalue weighted by Crippen LogP contribution is 2.27. The molecule has 0 radical (unpaired) electrons. The summed E-state index contributed by atoms with van der Waals surface area (Å²) in [6.07, 6.45) is 7.01. The van der Waals surface area contributed by atoms with Crippen LogP contribution in [0.1, 0.15) is 36.9 Å². The van der Waals surface area contributed by atoms with Crippen LogP contribution in [0.4, 0.5) is 0 Å². The second kappa shape index (κ2) is 7.79. The van der Waals surface area contributed by atoms with Gasteiger partial charge in [-0.15, -0.1) is 11.3 Å². The SMILES string of the molecule is CCNC(=NCc1scnc1C)N1CCC(C)C(n2ccnc2)C1. The van der Waals surface area contributed by atoms with E-state index in [4.69, 9.17) is 4.99 Å². The lowest BCUT2D eigenvalue weighted by Gasteiger charge is -2.39. The molecule has 1 saturated heterocycles. The van der Waals surface area contributed by atoms with Crippen molar-refractivity contribution in [1.29, 1.82) is 0 Å². The van der Waals surface area contributed by atoms with Gasteiger partial charge in [-0.05, 0) is 26.2 Å². The van der Waals surface area contributed by atoms with Gasteiger partial charge < -0.3 is 14.8 Å². The molecule has 0 aromatic carbocycles. The molecule has 0 amide bonds. The van der Waals surface area contributed by atoms with E-state index in [0.29, 0.717) is 18.5 Å². The molecule has 6 nitrogen and oxygen atoms in total. The van der Waals surface area contributed by atoms with Gasteiger partial charge in [-0.3, -0.25) is 0 Å². The van der Waals surface area contributed by atoms with Gasteiger partial charge in [0.1, 0.15) is 0 Å². The zero-order chi connectivity index (χ0) is 16.9. The molecule has 7 heteroatoms. The molecule has 3 heterocycles. The molecule has 1 aliphatic rings. The quantitative estimate of drug-likeness (QED) is 0.683. The number of thiazole rings is 1. The number of imidazole rings is 1. The summed E-state index contributed by atoms with van der Waals surface area (Å²) in [4.78, 5) is 17.0. The van der Waals surface area contributed by atoms with Crippen LogP contribution in [0.3, 0.4) is 0 Å². The number of hydrogen-bond donors (Lipinski definition) is 1. The minimum atomic E-state index is 0.440. The Morgan fingerprint density at radius 3 is 3.04 bits per heavy atom. The Bertz CT molecular complexity index is 662. The number of hydrogen-bond acceptors (Lipinski definition) is 4. The van der Waals surface area contributed by atoms with E-state index in [1.807, 2.05) is 25.0 Å². The smallest absolute Gasteiger partial charge is 0.194 e. The highest BCUT2D eigenvalue weighted by atomic mass is 32.1. The van der Waals surface area contributed by atoms with Crippen LogP contribution in [-0.4, -0.2) is 45.0 Å². The molecule has 2 unspecified atom stereocenters. The van der Waals surface area contributed by atoms with Crippen molar-refractivity contribution in [2.24, 2.45) is 10.9 Å². The average Bonchev–Trinajstić information content (AvgIpc) is 3.24. The summed E-state index contributed by atoms with van der Waals surface area (Å²) in [5.41, 5.74) is 2.98. The van der Waals surface area contributed by atoms with Crippen molar-refractivity contribution in [3.05, 3.63) is 34.8 Å². The van der Waals surface area contributed by atoms with Gasteiger partial charge in [-0.1, -0.05) is 6.92 Å². The lowest BCUT2D eigenvalue weighted by molar-refractivity contribution is 0.189. The van der Waals surface area contributed by atoms with Crippen molar-refractivity contribution in [2.75, 3.05) is 19.6 Å². The first kappa shape index (κ1) is 17.0. The number of guanidine groups is 1. The van der Waals surface area contributed by atoms with Crippen LogP contribution in [0.2, 0.25) is 0 Å². The van der Waals surface area contributed by atoms with Crippen LogP contribution >= 0.6 is 11.3 Å². The highest BCUT2D eigenvalue weighted by Gasteiger charge is 2.28. The summed E-state index contributed by atoms with van der Waals surface area (Å²) < 4.78 is 2.23. The largest absolute Gasteiger partial charge is 0.357 e. The lowest BCUT2D eigenvalue weighted by atomic mass is 9.93.